The minimum Gasteiger partial charge on any atom is -0.507 e. The Balaban J connectivity index is 2.02. The average Bonchev–Trinajstić information content (AvgIpc) is 2.91. The summed E-state index contributed by atoms with van der Waals surface area (Å²) in [5.74, 6) is 1.70. The molecule has 7 nitrogen and oxygen atoms in total. The van der Waals surface area contributed by atoms with E-state index in [1.165, 1.54) is 0 Å². The summed E-state index contributed by atoms with van der Waals surface area (Å²) in [4.78, 5) is 0. The zero-order chi connectivity index (χ0) is 27.1. The van der Waals surface area contributed by atoms with Gasteiger partial charge in [-0.25, -0.2) is 0 Å². The smallest absolute Gasteiger partial charge is 0.148 e. The van der Waals surface area contributed by atoms with Gasteiger partial charge in [0.05, 0.1) is 25.6 Å². The Morgan fingerprint density at radius 2 is 1.24 bits per heavy atom. The molecule has 3 aromatic carbocycles. The minimum absolute atomic E-state index is 0.195. The molecule has 2 unspecified atom stereocenters. The summed E-state index contributed by atoms with van der Waals surface area (Å²) >= 11 is 6.11. The standard InChI is InChI=1S/C29H35ClN4O3/c1-8-17(3)22-13-21(14-23(29(22)35)18(4)9-2)31-33-25-15-28(37-7)26(16-27(25)36-6)34-32-24-12-20(30)11-10-19(24)5/h10-18,35H,8-9H2,1-7H3. The van der Waals surface area contributed by atoms with Crippen LogP contribution in [0.3, 0.4) is 0 Å². The first-order chi connectivity index (χ1) is 17.7. The summed E-state index contributed by atoms with van der Waals surface area (Å²) < 4.78 is 11.1. The average molecular weight is 523 g/mol. The summed E-state index contributed by atoms with van der Waals surface area (Å²) in [5.41, 5.74) is 5.02. The van der Waals surface area contributed by atoms with E-state index in [-0.39, 0.29) is 11.8 Å². The number of hydrogen-bond acceptors (Lipinski definition) is 7. The van der Waals surface area contributed by atoms with Gasteiger partial charge in [-0.05, 0) is 72.6 Å². The highest BCUT2D eigenvalue weighted by molar-refractivity contribution is 6.30. The van der Waals surface area contributed by atoms with E-state index in [2.05, 4.69) is 48.2 Å². The van der Waals surface area contributed by atoms with Crippen LogP contribution in [0.2, 0.25) is 5.02 Å². The van der Waals surface area contributed by atoms with E-state index in [0.717, 1.165) is 29.5 Å². The van der Waals surface area contributed by atoms with Crippen LogP contribution in [0.25, 0.3) is 0 Å². The highest BCUT2D eigenvalue weighted by atomic mass is 35.5. The number of phenolic OH excluding ortho intramolecular Hbond substituents is 1. The van der Waals surface area contributed by atoms with E-state index in [0.29, 0.717) is 45.0 Å². The molecule has 3 aromatic rings. The summed E-state index contributed by atoms with van der Waals surface area (Å²) in [6.45, 7) is 10.3. The second kappa shape index (κ2) is 12.7. The van der Waals surface area contributed by atoms with Crippen molar-refractivity contribution in [1.82, 2.24) is 0 Å². The molecule has 0 radical (unpaired) electrons. The van der Waals surface area contributed by atoms with Gasteiger partial charge in [-0.3, -0.25) is 0 Å². The largest absolute Gasteiger partial charge is 0.507 e. The Morgan fingerprint density at radius 3 is 1.73 bits per heavy atom. The zero-order valence-electron chi connectivity index (χ0n) is 22.5. The number of methoxy groups -OCH3 is 2. The predicted octanol–water partition coefficient (Wildman–Crippen LogP) is 10.2. The number of aromatic hydroxyl groups is 1. The molecule has 0 spiro atoms. The number of nitrogens with zero attached hydrogens (tertiary/aromatic N) is 4. The SMILES string of the molecule is CCC(C)c1cc(N=Nc2cc(OC)c(N=Nc3cc(Cl)ccc3C)cc2OC)cc(C(C)CC)c1O. The van der Waals surface area contributed by atoms with Crippen molar-refractivity contribution in [2.45, 2.75) is 59.3 Å². The van der Waals surface area contributed by atoms with Crippen LogP contribution in [0.1, 0.15) is 69.1 Å². The maximum atomic E-state index is 10.9. The molecular weight excluding hydrogens is 488 g/mol. The first-order valence-electron chi connectivity index (χ1n) is 12.4. The lowest BCUT2D eigenvalue weighted by atomic mass is 9.89. The number of rotatable bonds is 10. The van der Waals surface area contributed by atoms with Gasteiger partial charge in [-0.2, -0.15) is 10.2 Å². The molecule has 0 aliphatic carbocycles. The van der Waals surface area contributed by atoms with E-state index < -0.39 is 0 Å². The molecule has 0 aliphatic heterocycles. The van der Waals surface area contributed by atoms with E-state index in [9.17, 15) is 5.11 Å². The van der Waals surface area contributed by atoms with E-state index in [1.807, 2.05) is 31.2 Å². The van der Waals surface area contributed by atoms with Gasteiger partial charge in [-0.1, -0.05) is 45.4 Å². The number of halogens is 1. The van der Waals surface area contributed by atoms with E-state index in [4.69, 9.17) is 21.1 Å². The third-order valence-electron chi connectivity index (χ3n) is 6.63. The van der Waals surface area contributed by atoms with Crippen molar-refractivity contribution in [2.75, 3.05) is 14.2 Å². The summed E-state index contributed by atoms with van der Waals surface area (Å²) in [6.07, 6.45) is 1.81. The van der Waals surface area contributed by atoms with Gasteiger partial charge < -0.3 is 14.6 Å². The van der Waals surface area contributed by atoms with Crippen LogP contribution in [0.5, 0.6) is 17.2 Å². The van der Waals surface area contributed by atoms with Gasteiger partial charge in [0.25, 0.3) is 0 Å². The maximum Gasteiger partial charge on any atom is 0.148 e. The minimum atomic E-state index is 0.195. The first-order valence-corrected chi connectivity index (χ1v) is 12.8. The number of aryl methyl sites for hydroxylation is 1. The molecule has 0 bridgehead atoms. The molecule has 8 heteroatoms. The lowest BCUT2D eigenvalue weighted by molar-refractivity contribution is 0.405. The Bertz CT molecular complexity index is 1280. The van der Waals surface area contributed by atoms with Gasteiger partial charge in [0.15, 0.2) is 0 Å². The van der Waals surface area contributed by atoms with E-state index in [1.54, 1.807) is 32.4 Å². The van der Waals surface area contributed by atoms with Gasteiger partial charge in [0.1, 0.15) is 28.6 Å². The van der Waals surface area contributed by atoms with Gasteiger partial charge >= 0.3 is 0 Å². The highest BCUT2D eigenvalue weighted by Gasteiger charge is 2.18. The van der Waals surface area contributed by atoms with Crippen LogP contribution in [-0.2, 0) is 0 Å². The normalized spacial score (nSPS) is 13.3. The predicted molar refractivity (Wildman–Crippen MR) is 150 cm³/mol. The molecule has 0 saturated heterocycles. The lowest BCUT2D eigenvalue weighted by Gasteiger charge is -2.18. The van der Waals surface area contributed by atoms with Crippen LogP contribution in [0.15, 0.2) is 62.9 Å². The second-order valence-corrected chi connectivity index (χ2v) is 9.55. The lowest BCUT2D eigenvalue weighted by Crippen LogP contribution is -1.98. The van der Waals surface area contributed by atoms with Crippen LogP contribution >= 0.6 is 11.6 Å². The fraction of sp³-hybridized carbons (Fsp3) is 0.379. The van der Waals surface area contributed by atoms with Crippen molar-refractivity contribution in [3.8, 4) is 17.2 Å². The second-order valence-electron chi connectivity index (χ2n) is 9.12. The summed E-state index contributed by atoms with van der Waals surface area (Å²) in [7, 11) is 3.12. The highest BCUT2D eigenvalue weighted by Crippen LogP contribution is 2.43. The van der Waals surface area contributed by atoms with Crippen LogP contribution in [-0.4, -0.2) is 19.3 Å². The number of hydrogen-bond donors (Lipinski definition) is 1. The quantitative estimate of drug-likeness (QED) is 0.268. The Hall–Kier alpha value is -3.45. The van der Waals surface area contributed by atoms with Crippen molar-refractivity contribution in [1.29, 1.82) is 0 Å². The molecule has 0 aliphatic rings. The maximum absolute atomic E-state index is 10.9. The molecule has 0 saturated carbocycles. The molecule has 1 N–H and O–H groups in total. The van der Waals surface area contributed by atoms with Crippen molar-refractivity contribution >= 4 is 34.4 Å². The van der Waals surface area contributed by atoms with Gasteiger partial charge in [-0.15, -0.1) is 10.2 Å². The zero-order valence-corrected chi connectivity index (χ0v) is 23.3. The Morgan fingerprint density at radius 1 is 0.757 bits per heavy atom. The van der Waals surface area contributed by atoms with Crippen molar-refractivity contribution in [3.63, 3.8) is 0 Å². The Kier molecular flexibility index (Phi) is 9.64. The van der Waals surface area contributed by atoms with Gasteiger partial charge in [0.2, 0.25) is 0 Å². The topological polar surface area (TPSA) is 88.1 Å². The molecule has 37 heavy (non-hydrogen) atoms. The number of ether oxygens (including phenoxy) is 2. The van der Waals surface area contributed by atoms with E-state index >= 15 is 0 Å². The number of benzene rings is 3. The van der Waals surface area contributed by atoms with Crippen molar-refractivity contribution in [3.05, 3.63) is 64.2 Å². The number of azo groups is 2. The fourth-order valence-corrected chi connectivity index (χ4v) is 4.01. The first kappa shape index (κ1) is 28.1. The van der Waals surface area contributed by atoms with Gasteiger partial charge in [0, 0.05) is 17.2 Å². The van der Waals surface area contributed by atoms with Crippen LogP contribution in [0, 0.1) is 6.92 Å². The Labute approximate surface area is 224 Å². The molecular formula is C29H35ClN4O3. The molecule has 2 atom stereocenters. The van der Waals surface area contributed by atoms with Crippen molar-refractivity contribution in [2.24, 2.45) is 20.5 Å². The summed E-state index contributed by atoms with van der Waals surface area (Å²) in [6, 6.07) is 12.7. The van der Waals surface area contributed by atoms with Crippen LogP contribution in [0.4, 0.5) is 22.7 Å². The molecule has 3 rings (SSSR count). The third kappa shape index (κ3) is 6.66. The third-order valence-corrected chi connectivity index (χ3v) is 6.87. The summed E-state index contributed by atoms with van der Waals surface area (Å²) in [5, 5.41) is 29.2. The molecule has 0 heterocycles. The van der Waals surface area contributed by atoms with Crippen molar-refractivity contribution < 1.29 is 14.6 Å². The molecule has 0 fully saturated rings. The molecule has 0 aromatic heterocycles. The number of phenols is 1. The molecule has 196 valence electrons. The monoisotopic (exact) mass is 522 g/mol. The van der Waals surface area contributed by atoms with Crippen LogP contribution < -0.4 is 9.47 Å². The molecule has 0 amide bonds. The fourth-order valence-electron chi connectivity index (χ4n) is 3.84.